The van der Waals surface area contributed by atoms with Gasteiger partial charge in [-0.1, -0.05) is 27.7 Å². The van der Waals surface area contributed by atoms with Gasteiger partial charge in [0.2, 0.25) is 0 Å². The van der Waals surface area contributed by atoms with Gasteiger partial charge in [-0.05, 0) is 49.4 Å². The summed E-state index contributed by atoms with van der Waals surface area (Å²) in [5.74, 6) is 3.03. The van der Waals surface area contributed by atoms with Crippen LogP contribution < -0.4 is 0 Å². The average molecular weight is 198 g/mol. The van der Waals surface area contributed by atoms with E-state index in [1.807, 2.05) is 0 Å². The third-order valence-corrected chi connectivity index (χ3v) is 3.56. The maximum Gasteiger partial charge on any atom is 0.0545 e. The van der Waals surface area contributed by atoms with E-state index in [1.54, 1.807) is 0 Å². The Morgan fingerprint density at radius 3 is 2.21 bits per heavy atom. The molecule has 0 aliphatic heterocycles. The van der Waals surface area contributed by atoms with E-state index in [0.29, 0.717) is 0 Å². The summed E-state index contributed by atoms with van der Waals surface area (Å²) in [5, 5.41) is 9.81. The average Bonchev–Trinajstić information content (AvgIpc) is 2.01. The maximum absolute atomic E-state index is 9.81. The fourth-order valence-electron chi connectivity index (χ4n) is 2.85. The third kappa shape index (κ3) is 3.61. The van der Waals surface area contributed by atoms with Crippen LogP contribution in [0.2, 0.25) is 0 Å². The minimum Gasteiger partial charge on any atom is -0.393 e. The summed E-state index contributed by atoms with van der Waals surface area (Å²) in [4.78, 5) is 0. The van der Waals surface area contributed by atoms with Crippen molar-refractivity contribution in [1.29, 1.82) is 0 Å². The number of hydrogen-bond donors (Lipinski definition) is 1. The molecule has 84 valence electrons. The van der Waals surface area contributed by atoms with Gasteiger partial charge in [-0.25, -0.2) is 0 Å². The second kappa shape index (κ2) is 5.16. The van der Waals surface area contributed by atoms with Crippen LogP contribution in [0.15, 0.2) is 0 Å². The quantitative estimate of drug-likeness (QED) is 0.736. The van der Waals surface area contributed by atoms with E-state index in [0.717, 1.165) is 36.5 Å². The van der Waals surface area contributed by atoms with Gasteiger partial charge in [0.25, 0.3) is 0 Å². The fraction of sp³-hybridized carbons (Fsp3) is 1.00. The highest BCUT2D eigenvalue weighted by molar-refractivity contribution is 4.80. The zero-order valence-electron chi connectivity index (χ0n) is 10.2. The van der Waals surface area contributed by atoms with Crippen molar-refractivity contribution < 1.29 is 5.11 Å². The maximum atomic E-state index is 9.81. The second-order valence-electron chi connectivity index (χ2n) is 5.86. The lowest BCUT2D eigenvalue weighted by molar-refractivity contribution is 0.0484. The second-order valence-corrected chi connectivity index (χ2v) is 5.86. The molecule has 1 saturated carbocycles. The molecule has 14 heavy (non-hydrogen) atoms. The van der Waals surface area contributed by atoms with Gasteiger partial charge in [-0.15, -0.1) is 0 Å². The molecule has 1 fully saturated rings. The Hall–Kier alpha value is -0.0400. The Bertz CT molecular complexity index is 161. The van der Waals surface area contributed by atoms with Gasteiger partial charge >= 0.3 is 0 Å². The minimum atomic E-state index is -0.0279. The minimum absolute atomic E-state index is 0.0279. The molecule has 0 saturated heterocycles. The normalized spacial score (nSPS) is 34.1. The smallest absolute Gasteiger partial charge is 0.0545 e. The molecule has 3 unspecified atom stereocenters. The molecule has 1 rings (SSSR count). The van der Waals surface area contributed by atoms with Crippen LogP contribution >= 0.6 is 0 Å². The molecule has 0 aromatic heterocycles. The van der Waals surface area contributed by atoms with E-state index in [4.69, 9.17) is 0 Å². The third-order valence-electron chi connectivity index (χ3n) is 3.56. The van der Waals surface area contributed by atoms with Crippen LogP contribution in [-0.4, -0.2) is 11.2 Å². The van der Waals surface area contributed by atoms with Crippen molar-refractivity contribution in [2.24, 2.45) is 23.7 Å². The fourth-order valence-corrected chi connectivity index (χ4v) is 2.85. The molecular formula is C13H26O. The molecule has 1 aliphatic carbocycles. The summed E-state index contributed by atoms with van der Waals surface area (Å²) in [5.41, 5.74) is 0. The van der Waals surface area contributed by atoms with Crippen LogP contribution in [-0.2, 0) is 0 Å². The summed E-state index contributed by atoms with van der Waals surface area (Å²) in [6, 6.07) is 0. The largest absolute Gasteiger partial charge is 0.393 e. The van der Waals surface area contributed by atoms with E-state index in [9.17, 15) is 5.11 Å². The van der Waals surface area contributed by atoms with Gasteiger partial charge in [0.15, 0.2) is 0 Å². The lowest BCUT2D eigenvalue weighted by atomic mass is 9.72. The van der Waals surface area contributed by atoms with Crippen LogP contribution in [0.5, 0.6) is 0 Å². The highest BCUT2D eigenvalue weighted by Crippen LogP contribution is 2.36. The van der Waals surface area contributed by atoms with Crippen molar-refractivity contribution in [3.63, 3.8) is 0 Å². The molecule has 0 amide bonds. The van der Waals surface area contributed by atoms with Crippen molar-refractivity contribution in [3.8, 4) is 0 Å². The molecule has 0 aromatic carbocycles. The molecule has 0 aromatic rings. The molecule has 0 radical (unpaired) electrons. The van der Waals surface area contributed by atoms with Gasteiger partial charge in [0.05, 0.1) is 6.10 Å². The molecule has 0 heterocycles. The summed E-state index contributed by atoms with van der Waals surface area (Å²) in [6.07, 6.45) is 4.68. The standard InChI is InChI=1S/C13H26O/c1-9(2)5-11-6-12(10(3)4)8-13(14)7-11/h9-14H,5-8H2,1-4H3. The summed E-state index contributed by atoms with van der Waals surface area (Å²) in [6.45, 7) is 9.14. The molecule has 0 spiro atoms. The Labute approximate surface area is 88.9 Å². The van der Waals surface area contributed by atoms with Gasteiger partial charge < -0.3 is 5.11 Å². The first kappa shape index (κ1) is 12.0. The van der Waals surface area contributed by atoms with Gasteiger partial charge in [-0.3, -0.25) is 0 Å². The molecule has 1 nitrogen and oxygen atoms in total. The molecule has 3 atom stereocenters. The monoisotopic (exact) mass is 198 g/mol. The Kier molecular flexibility index (Phi) is 4.43. The Balaban J connectivity index is 2.45. The van der Waals surface area contributed by atoms with Gasteiger partial charge in [0.1, 0.15) is 0 Å². The first-order valence-electron chi connectivity index (χ1n) is 6.17. The number of aliphatic hydroxyl groups excluding tert-OH is 1. The first-order chi connectivity index (χ1) is 6.49. The Morgan fingerprint density at radius 1 is 1.07 bits per heavy atom. The van der Waals surface area contributed by atoms with Crippen molar-refractivity contribution in [3.05, 3.63) is 0 Å². The molecule has 0 bridgehead atoms. The van der Waals surface area contributed by atoms with Crippen LogP contribution in [0.25, 0.3) is 0 Å². The van der Waals surface area contributed by atoms with Crippen LogP contribution in [0, 0.1) is 23.7 Å². The van der Waals surface area contributed by atoms with Crippen LogP contribution in [0.3, 0.4) is 0 Å². The van der Waals surface area contributed by atoms with Crippen LogP contribution in [0.4, 0.5) is 0 Å². The van der Waals surface area contributed by atoms with Crippen molar-refractivity contribution in [2.75, 3.05) is 0 Å². The molecule has 1 N–H and O–H groups in total. The summed E-state index contributed by atoms with van der Waals surface area (Å²) in [7, 11) is 0. The van der Waals surface area contributed by atoms with Crippen molar-refractivity contribution >= 4 is 0 Å². The number of rotatable bonds is 3. The van der Waals surface area contributed by atoms with E-state index in [-0.39, 0.29) is 6.10 Å². The van der Waals surface area contributed by atoms with E-state index in [1.165, 1.54) is 12.8 Å². The zero-order valence-corrected chi connectivity index (χ0v) is 10.2. The molecular weight excluding hydrogens is 172 g/mol. The lowest BCUT2D eigenvalue weighted by Crippen LogP contribution is -2.29. The van der Waals surface area contributed by atoms with Crippen molar-refractivity contribution in [2.45, 2.75) is 59.5 Å². The van der Waals surface area contributed by atoms with E-state index >= 15 is 0 Å². The SMILES string of the molecule is CC(C)CC1CC(O)CC(C(C)C)C1. The summed E-state index contributed by atoms with van der Waals surface area (Å²) >= 11 is 0. The predicted octanol–water partition coefficient (Wildman–Crippen LogP) is 3.47. The predicted molar refractivity (Wildman–Crippen MR) is 61.1 cm³/mol. The van der Waals surface area contributed by atoms with Crippen LogP contribution in [0.1, 0.15) is 53.4 Å². The van der Waals surface area contributed by atoms with Gasteiger partial charge in [0, 0.05) is 0 Å². The highest BCUT2D eigenvalue weighted by atomic mass is 16.3. The summed E-state index contributed by atoms with van der Waals surface area (Å²) < 4.78 is 0. The van der Waals surface area contributed by atoms with Crippen molar-refractivity contribution in [1.82, 2.24) is 0 Å². The van der Waals surface area contributed by atoms with Gasteiger partial charge in [-0.2, -0.15) is 0 Å². The topological polar surface area (TPSA) is 20.2 Å². The molecule has 1 heteroatoms. The van der Waals surface area contributed by atoms with E-state index < -0.39 is 0 Å². The highest BCUT2D eigenvalue weighted by Gasteiger charge is 2.29. The van der Waals surface area contributed by atoms with E-state index in [2.05, 4.69) is 27.7 Å². The zero-order chi connectivity index (χ0) is 10.7. The number of hydrogen-bond acceptors (Lipinski definition) is 1. The lowest BCUT2D eigenvalue weighted by Gasteiger charge is -2.35. The first-order valence-corrected chi connectivity index (χ1v) is 6.17. The Morgan fingerprint density at radius 2 is 1.71 bits per heavy atom. The number of aliphatic hydroxyl groups is 1. The molecule has 1 aliphatic rings.